The molecule has 0 fully saturated rings. The van der Waals surface area contributed by atoms with Crippen molar-refractivity contribution in [3.05, 3.63) is 59.7 Å². The van der Waals surface area contributed by atoms with Crippen molar-refractivity contribution in [2.45, 2.75) is 0 Å². The van der Waals surface area contributed by atoms with Crippen molar-refractivity contribution >= 4 is 22.9 Å². The van der Waals surface area contributed by atoms with Crippen molar-refractivity contribution in [2.24, 2.45) is 5.10 Å². The van der Waals surface area contributed by atoms with Crippen molar-refractivity contribution < 1.29 is 24.1 Å². The van der Waals surface area contributed by atoms with Crippen molar-refractivity contribution in [1.29, 1.82) is 0 Å². The molecule has 0 aliphatic rings. The number of carbonyl (C=O) groups excluding carboxylic acids is 1. The van der Waals surface area contributed by atoms with Crippen molar-refractivity contribution in [1.82, 2.24) is 5.43 Å². The molecule has 144 valence electrons. The molecule has 0 aliphatic heterocycles. The van der Waals surface area contributed by atoms with Gasteiger partial charge in [0.25, 0.3) is 5.91 Å². The smallest absolute Gasteiger partial charge is 0.275 e. The van der Waals surface area contributed by atoms with Crippen LogP contribution in [0.4, 0.5) is 0 Å². The van der Waals surface area contributed by atoms with Gasteiger partial charge in [-0.15, -0.1) is 0 Å². The van der Waals surface area contributed by atoms with Gasteiger partial charge in [-0.3, -0.25) is 4.79 Å². The minimum Gasteiger partial charge on any atom is -0.507 e. The highest BCUT2D eigenvalue weighted by atomic mass is 16.5. The second-order valence-corrected chi connectivity index (χ2v) is 5.84. The first kappa shape index (κ1) is 19.0. The van der Waals surface area contributed by atoms with E-state index in [0.29, 0.717) is 22.8 Å². The number of hydrogen-bond acceptors (Lipinski definition) is 6. The van der Waals surface area contributed by atoms with E-state index in [2.05, 4.69) is 10.5 Å². The normalized spacial score (nSPS) is 10.8. The minimum atomic E-state index is -0.529. The standard InChI is InChI=1S/C21H20N2O5/c1-26-18-9-8-15(19(27-2)20(18)28-3)12-22-23-21(25)16-10-13-6-4-5-7-14(13)11-17(16)24/h4-12,24H,1-3H3,(H,23,25). The maximum absolute atomic E-state index is 12.4. The molecular formula is C21H20N2O5. The van der Waals surface area contributed by atoms with Crippen LogP contribution in [0.5, 0.6) is 23.0 Å². The van der Waals surface area contributed by atoms with Gasteiger partial charge in [0.1, 0.15) is 5.75 Å². The van der Waals surface area contributed by atoms with Crippen LogP contribution in [0.15, 0.2) is 53.6 Å². The predicted molar refractivity (Wildman–Crippen MR) is 107 cm³/mol. The molecule has 28 heavy (non-hydrogen) atoms. The molecule has 7 nitrogen and oxygen atoms in total. The van der Waals surface area contributed by atoms with Crippen molar-refractivity contribution in [2.75, 3.05) is 21.3 Å². The van der Waals surface area contributed by atoms with Gasteiger partial charge in [-0.25, -0.2) is 5.43 Å². The van der Waals surface area contributed by atoms with Gasteiger partial charge < -0.3 is 19.3 Å². The van der Waals surface area contributed by atoms with E-state index < -0.39 is 5.91 Å². The van der Waals surface area contributed by atoms with E-state index >= 15 is 0 Å². The van der Waals surface area contributed by atoms with Crippen LogP contribution in [0.2, 0.25) is 0 Å². The Kier molecular flexibility index (Phi) is 5.64. The Morgan fingerprint density at radius 3 is 2.29 bits per heavy atom. The average molecular weight is 380 g/mol. The van der Waals surface area contributed by atoms with E-state index in [4.69, 9.17) is 14.2 Å². The molecule has 0 saturated heterocycles. The van der Waals surface area contributed by atoms with Crippen molar-refractivity contribution in [3.63, 3.8) is 0 Å². The number of fused-ring (bicyclic) bond motifs is 1. The number of hydrazone groups is 1. The second kappa shape index (κ2) is 8.30. The molecule has 3 rings (SSSR count). The van der Waals surface area contributed by atoms with Gasteiger partial charge in [-0.2, -0.15) is 5.10 Å². The Morgan fingerprint density at radius 2 is 1.64 bits per heavy atom. The third-order valence-electron chi connectivity index (χ3n) is 4.21. The van der Waals surface area contributed by atoms with Crippen LogP contribution in [-0.4, -0.2) is 38.6 Å². The number of carbonyl (C=O) groups is 1. The summed E-state index contributed by atoms with van der Waals surface area (Å²) in [6, 6.07) is 14.0. The van der Waals surface area contributed by atoms with Crippen molar-refractivity contribution in [3.8, 4) is 23.0 Å². The zero-order valence-electron chi connectivity index (χ0n) is 15.7. The molecule has 3 aromatic rings. The molecule has 7 heteroatoms. The fourth-order valence-electron chi connectivity index (χ4n) is 2.86. The molecule has 0 spiro atoms. The number of hydrogen-bond donors (Lipinski definition) is 2. The highest BCUT2D eigenvalue weighted by Crippen LogP contribution is 2.39. The Morgan fingerprint density at radius 1 is 0.964 bits per heavy atom. The Balaban J connectivity index is 1.83. The third kappa shape index (κ3) is 3.68. The number of nitrogens with zero attached hydrogens (tertiary/aromatic N) is 1. The maximum atomic E-state index is 12.4. The lowest BCUT2D eigenvalue weighted by Gasteiger charge is -2.13. The summed E-state index contributed by atoms with van der Waals surface area (Å²) in [5, 5.41) is 15.8. The van der Waals surface area contributed by atoms with E-state index in [1.165, 1.54) is 27.5 Å². The van der Waals surface area contributed by atoms with E-state index in [1.54, 1.807) is 24.3 Å². The quantitative estimate of drug-likeness (QED) is 0.506. The lowest BCUT2D eigenvalue weighted by Crippen LogP contribution is -2.17. The van der Waals surface area contributed by atoms with E-state index in [-0.39, 0.29) is 11.3 Å². The largest absolute Gasteiger partial charge is 0.507 e. The van der Waals surface area contributed by atoms with E-state index in [9.17, 15) is 9.90 Å². The fourth-order valence-corrected chi connectivity index (χ4v) is 2.86. The topological polar surface area (TPSA) is 89.4 Å². The molecule has 0 bridgehead atoms. The monoisotopic (exact) mass is 380 g/mol. The van der Waals surface area contributed by atoms with Gasteiger partial charge in [0, 0.05) is 5.56 Å². The Bertz CT molecular complexity index is 1050. The number of benzene rings is 3. The molecule has 0 radical (unpaired) electrons. The average Bonchev–Trinajstić information content (AvgIpc) is 2.72. The number of ether oxygens (including phenoxy) is 3. The fraction of sp³-hybridized carbons (Fsp3) is 0.143. The SMILES string of the molecule is COc1ccc(C=NNC(=O)c2cc3ccccc3cc2O)c(OC)c1OC. The first-order valence-electron chi connectivity index (χ1n) is 8.43. The van der Waals surface area contributed by atoms with Crippen LogP contribution in [0, 0.1) is 0 Å². The zero-order chi connectivity index (χ0) is 20.1. The summed E-state index contributed by atoms with van der Waals surface area (Å²) >= 11 is 0. The van der Waals surface area contributed by atoms with Crippen LogP contribution < -0.4 is 19.6 Å². The second-order valence-electron chi connectivity index (χ2n) is 5.84. The number of nitrogens with one attached hydrogen (secondary N) is 1. The highest BCUT2D eigenvalue weighted by Gasteiger charge is 2.15. The summed E-state index contributed by atoms with van der Waals surface area (Å²) < 4.78 is 15.9. The molecule has 0 unspecified atom stereocenters. The first-order valence-corrected chi connectivity index (χ1v) is 8.43. The van der Waals surface area contributed by atoms with Gasteiger partial charge in [-0.05, 0) is 35.0 Å². The number of aromatic hydroxyl groups is 1. The summed E-state index contributed by atoms with van der Waals surface area (Å²) in [6.45, 7) is 0. The van der Waals surface area contributed by atoms with Crippen LogP contribution >= 0.6 is 0 Å². The molecule has 3 aromatic carbocycles. The number of phenols is 1. The number of amides is 1. The summed E-state index contributed by atoms with van der Waals surface area (Å²) in [4.78, 5) is 12.4. The molecule has 0 aliphatic carbocycles. The molecule has 0 aromatic heterocycles. The predicted octanol–water partition coefficient (Wildman–Crippen LogP) is 3.34. The summed E-state index contributed by atoms with van der Waals surface area (Å²) in [7, 11) is 4.53. The molecule has 0 heterocycles. The molecule has 0 atom stereocenters. The minimum absolute atomic E-state index is 0.116. The molecule has 1 amide bonds. The molecule has 2 N–H and O–H groups in total. The van der Waals surface area contributed by atoms with Crippen LogP contribution in [0.25, 0.3) is 10.8 Å². The van der Waals surface area contributed by atoms with Gasteiger partial charge >= 0.3 is 0 Å². The Hall–Kier alpha value is -3.74. The Labute approximate surface area is 162 Å². The summed E-state index contributed by atoms with van der Waals surface area (Å²) in [5.74, 6) is 0.719. The van der Waals surface area contributed by atoms with Gasteiger partial charge in [-0.1, -0.05) is 24.3 Å². The number of methoxy groups -OCH3 is 3. The third-order valence-corrected chi connectivity index (χ3v) is 4.21. The van der Waals surface area contributed by atoms with Gasteiger partial charge in [0.05, 0.1) is 33.1 Å². The van der Waals surface area contributed by atoms with Gasteiger partial charge in [0.15, 0.2) is 11.5 Å². The number of rotatable bonds is 6. The van der Waals surface area contributed by atoms with Crippen LogP contribution in [0.1, 0.15) is 15.9 Å². The number of phenolic OH excluding ortho intramolecular Hbond substituents is 1. The van der Waals surface area contributed by atoms with Crippen LogP contribution in [0.3, 0.4) is 0 Å². The zero-order valence-corrected chi connectivity index (χ0v) is 15.7. The maximum Gasteiger partial charge on any atom is 0.275 e. The van der Waals surface area contributed by atoms with Gasteiger partial charge in [0.2, 0.25) is 5.75 Å². The van der Waals surface area contributed by atoms with E-state index in [1.807, 2.05) is 24.3 Å². The highest BCUT2D eigenvalue weighted by molar-refractivity contribution is 6.01. The lowest BCUT2D eigenvalue weighted by molar-refractivity contribution is 0.0952. The summed E-state index contributed by atoms with van der Waals surface area (Å²) in [5.41, 5.74) is 3.13. The van der Waals surface area contributed by atoms with E-state index in [0.717, 1.165) is 10.8 Å². The van der Waals surface area contributed by atoms with Crippen LogP contribution in [-0.2, 0) is 0 Å². The first-order chi connectivity index (χ1) is 13.6. The molecular weight excluding hydrogens is 360 g/mol. The lowest BCUT2D eigenvalue weighted by atomic mass is 10.1. The summed E-state index contributed by atoms with van der Waals surface area (Å²) in [6.07, 6.45) is 1.43. The molecule has 0 saturated carbocycles.